The van der Waals surface area contributed by atoms with Gasteiger partial charge in [0.15, 0.2) is 0 Å². The van der Waals surface area contributed by atoms with Crippen LogP contribution in [0.5, 0.6) is 0 Å². The second-order valence-corrected chi connectivity index (χ2v) is 15.9. The first kappa shape index (κ1) is 27.3. The van der Waals surface area contributed by atoms with Crippen LogP contribution < -0.4 is 0 Å². The summed E-state index contributed by atoms with van der Waals surface area (Å²) in [5, 5.41) is 22.6. The molecule has 0 bridgehead atoms. The lowest BCUT2D eigenvalue weighted by molar-refractivity contribution is -0.245. The summed E-state index contributed by atoms with van der Waals surface area (Å²) in [5.74, 6) is 0.132. The fourth-order valence-electron chi connectivity index (χ4n) is 11.9. The van der Waals surface area contributed by atoms with Gasteiger partial charge in [0.2, 0.25) is 0 Å². The number of rotatable bonds is 1. The van der Waals surface area contributed by atoms with Crippen LogP contribution in [0, 0.1) is 50.7 Å². The van der Waals surface area contributed by atoms with Crippen molar-refractivity contribution in [1.29, 1.82) is 0 Å². The molecule has 5 nitrogen and oxygen atoms in total. The Morgan fingerprint density at radius 2 is 1.66 bits per heavy atom. The Balaban J connectivity index is 1.45. The predicted octanol–water partition coefficient (Wildman–Crippen LogP) is 6.63. The fraction of sp³-hybridized carbons (Fsp3) is 0.909. The lowest BCUT2D eigenvalue weighted by atomic mass is 9.33. The molecule has 0 aromatic heterocycles. The molecular formula is C33H52O5. The van der Waals surface area contributed by atoms with Crippen LogP contribution in [0.3, 0.4) is 0 Å². The summed E-state index contributed by atoms with van der Waals surface area (Å²) in [4.78, 5) is 13.0. The predicted molar refractivity (Wildman–Crippen MR) is 148 cm³/mol. The summed E-state index contributed by atoms with van der Waals surface area (Å²) < 4.78 is 13.0. The largest absolute Gasteiger partial charge is 0.481 e. The monoisotopic (exact) mass is 528 g/mol. The van der Waals surface area contributed by atoms with Crippen LogP contribution >= 0.6 is 0 Å². The summed E-state index contributed by atoms with van der Waals surface area (Å²) >= 11 is 0. The van der Waals surface area contributed by atoms with Crippen LogP contribution in [0.15, 0.2) is 11.6 Å². The van der Waals surface area contributed by atoms with Crippen molar-refractivity contribution >= 4 is 5.97 Å². The Morgan fingerprint density at radius 3 is 2.37 bits per heavy atom. The number of carbonyl (C=O) groups is 1. The van der Waals surface area contributed by atoms with E-state index in [1.807, 2.05) is 6.92 Å². The van der Waals surface area contributed by atoms with Gasteiger partial charge in [-0.25, -0.2) is 0 Å². The Morgan fingerprint density at radius 1 is 0.947 bits per heavy atom. The number of hydrogen-bond acceptors (Lipinski definition) is 4. The molecule has 6 rings (SSSR count). The molecule has 5 heteroatoms. The van der Waals surface area contributed by atoms with Crippen LogP contribution in [-0.4, -0.2) is 47.2 Å². The highest BCUT2D eigenvalue weighted by Gasteiger charge is 2.72. The lowest BCUT2D eigenvalue weighted by Crippen LogP contribution is -2.69. The van der Waals surface area contributed by atoms with Gasteiger partial charge in [0.25, 0.3) is 0 Å². The van der Waals surface area contributed by atoms with Gasteiger partial charge in [-0.2, -0.15) is 0 Å². The number of aliphatic carboxylic acids is 1. The fourth-order valence-corrected chi connectivity index (χ4v) is 11.9. The maximum atomic E-state index is 13.0. The summed E-state index contributed by atoms with van der Waals surface area (Å²) in [5.41, 5.74) is -0.487. The number of carboxylic acid groups (broad SMARTS) is 1. The first-order valence-corrected chi connectivity index (χ1v) is 15.6. The van der Waals surface area contributed by atoms with E-state index in [0.29, 0.717) is 24.7 Å². The third-order valence-electron chi connectivity index (χ3n) is 14.3. The molecule has 1 aliphatic heterocycles. The van der Waals surface area contributed by atoms with E-state index in [1.165, 1.54) is 12.0 Å². The lowest BCUT2D eigenvalue weighted by Gasteiger charge is -2.72. The minimum Gasteiger partial charge on any atom is -0.481 e. The summed E-state index contributed by atoms with van der Waals surface area (Å²) in [6.45, 7) is 18.0. The molecule has 4 saturated carbocycles. The highest BCUT2D eigenvalue weighted by atomic mass is 16.6. The topological polar surface area (TPSA) is 76.0 Å². The quantitative estimate of drug-likeness (QED) is 0.374. The highest BCUT2D eigenvalue weighted by molar-refractivity contribution is 5.77. The molecule has 5 fully saturated rings. The molecule has 0 aromatic carbocycles. The van der Waals surface area contributed by atoms with E-state index in [4.69, 9.17) is 9.47 Å². The third-order valence-corrected chi connectivity index (χ3v) is 14.3. The summed E-state index contributed by atoms with van der Waals surface area (Å²) in [6.07, 6.45) is 11.1. The molecule has 1 saturated heterocycles. The number of aliphatic hydroxyl groups is 1. The molecule has 11 atom stereocenters. The summed E-state index contributed by atoms with van der Waals surface area (Å²) in [6, 6.07) is 0. The van der Waals surface area contributed by atoms with Crippen molar-refractivity contribution in [3.05, 3.63) is 11.6 Å². The van der Waals surface area contributed by atoms with Gasteiger partial charge in [-0.05, 0) is 104 Å². The first-order valence-electron chi connectivity index (χ1n) is 15.6. The number of ether oxygens (including phenoxy) is 2. The van der Waals surface area contributed by atoms with Crippen LogP contribution in [0.1, 0.15) is 106 Å². The van der Waals surface area contributed by atoms with Gasteiger partial charge in [0.05, 0.1) is 23.2 Å². The zero-order chi connectivity index (χ0) is 27.5. The van der Waals surface area contributed by atoms with E-state index in [2.05, 4.69) is 47.6 Å². The third kappa shape index (κ3) is 3.19. The van der Waals surface area contributed by atoms with Crippen molar-refractivity contribution in [1.82, 2.24) is 0 Å². The van der Waals surface area contributed by atoms with Crippen LogP contribution in [0.25, 0.3) is 0 Å². The molecular weight excluding hydrogens is 476 g/mol. The molecule has 0 radical (unpaired) electrons. The van der Waals surface area contributed by atoms with Crippen LogP contribution in [0.2, 0.25) is 0 Å². The minimum absolute atomic E-state index is 0.0434. The van der Waals surface area contributed by atoms with Crippen molar-refractivity contribution in [2.45, 2.75) is 124 Å². The SMILES string of the molecule is C[C@@H]1CC[C@]2(C(=O)O)CCC3(C)C(=CCC4C3(C)CCC3C(C)(C)[C@H]5OCCCO[C@@H]5C[C@@]34C)C2[C@]1(C)O. The second-order valence-electron chi connectivity index (χ2n) is 15.9. The molecule has 0 spiro atoms. The van der Waals surface area contributed by atoms with Crippen molar-refractivity contribution in [3.8, 4) is 0 Å². The average Bonchev–Trinajstić information content (AvgIpc) is 3.07. The molecule has 2 N–H and O–H groups in total. The van der Waals surface area contributed by atoms with E-state index in [-0.39, 0.29) is 45.7 Å². The van der Waals surface area contributed by atoms with E-state index in [1.54, 1.807) is 0 Å². The first-order chi connectivity index (χ1) is 17.7. The van der Waals surface area contributed by atoms with E-state index in [9.17, 15) is 15.0 Å². The zero-order valence-electron chi connectivity index (χ0n) is 24.9. The zero-order valence-corrected chi connectivity index (χ0v) is 24.9. The Labute approximate surface area is 230 Å². The van der Waals surface area contributed by atoms with Gasteiger partial charge < -0.3 is 19.7 Å². The smallest absolute Gasteiger partial charge is 0.310 e. The van der Waals surface area contributed by atoms with Crippen molar-refractivity contribution in [2.24, 2.45) is 50.7 Å². The maximum absolute atomic E-state index is 13.0. The van der Waals surface area contributed by atoms with E-state index >= 15 is 0 Å². The van der Waals surface area contributed by atoms with Crippen molar-refractivity contribution in [2.75, 3.05) is 13.2 Å². The van der Waals surface area contributed by atoms with Gasteiger partial charge in [-0.1, -0.05) is 53.2 Å². The molecule has 38 heavy (non-hydrogen) atoms. The van der Waals surface area contributed by atoms with Gasteiger partial charge >= 0.3 is 5.97 Å². The number of allylic oxidation sites excluding steroid dienone is 1. The Kier molecular flexibility index (Phi) is 5.97. The number of fused-ring (bicyclic) bond motifs is 8. The standard InChI is InChI=1S/C33H52O5/c1-20-11-14-33(27(34)35)16-15-30(5)21(25(33)32(20,7)36)9-10-24-29(4)19-22-26(38-18-8-17-37-22)28(2,3)23(29)12-13-31(24,30)6/h9,20,22-26,36H,8,10-19H2,1-7H3,(H,34,35)/t20-,22-,23?,24?,25?,26+,29+,30?,31?,32-,33+/m1/s1. The molecule has 0 amide bonds. The molecule has 1 heterocycles. The average molecular weight is 529 g/mol. The molecule has 5 aliphatic carbocycles. The number of carboxylic acids is 1. The molecule has 6 aliphatic rings. The maximum Gasteiger partial charge on any atom is 0.310 e. The number of hydrogen-bond donors (Lipinski definition) is 2. The van der Waals surface area contributed by atoms with Crippen molar-refractivity contribution < 1.29 is 24.5 Å². The normalized spacial score (nSPS) is 55.6. The van der Waals surface area contributed by atoms with E-state index in [0.717, 1.165) is 51.7 Å². The highest BCUT2D eigenvalue weighted by Crippen LogP contribution is 2.76. The van der Waals surface area contributed by atoms with Crippen molar-refractivity contribution in [3.63, 3.8) is 0 Å². The van der Waals surface area contributed by atoms with Gasteiger partial charge in [-0.15, -0.1) is 0 Å². The van der Waals surface area contributed by atoms with Gasteiger partial charge in [0, 0.05) is 19.1 Å². The summed E-state index contributed by atoms with van der Waals surface area (Å²) in [7, 11) is 0. The van der Waals surface area contributed by atoms with Gasteiger partial charge in [0.1, 0.15) is 0 Å². The Hall–Kier alpha value is -0.910. The molecule has 0 aromatic rings. The minimum atomic E-state index is -1.01. The second kappa shape index (κ2) is 8.32. The van der Waals surface area contributed by atoms with E-state index < -0.39 is 17.0 Å². The molecule has 214 valence electrons. The Bertz CT molecular complexity index is 1030. The van der Waals surface area contributed by atoms with Crippen LogP contribution in [-0.2, 0) is 14.3 Å². The van der Waals surface area contributed by atoms with Crippen LogP contribution in [0.4, 0.5) is 0 Å². The van der Waals surface area contributed by atoms with Gasteiger partial charge in [-0.3, -0.25) is 4.79 Å². The molecule has 5 unspecified atom stereocenters.